The van der Waals surface area contributed by atoms with Crippen molar-refractivity contribution in [2.75, 3.05) is 24.3 Å². The number of nitro benzene ring substituents is 1. The van der Waals surface area contributed by atoms with Crippen LogP contribution in [0.15, 0.2) is 36.4 Å². The normalized spacial score (nSPS) is 12.5. The van der Waals surface area contributed by atoms with Gasteiger partial charge in [-0.2, -0.15) is 13.2 Å². The molecule has 0 aliphatic carbocycles. The highest BCUT2D eigenvalue weighted by atomic mass is 35.5. The molecule has 0 aromatic heterocycles. The van der Waals surface area contributed by atoms with Crippen molar-refractivity contribution in [3.63, 3.8) is 0 Å². The molecule has 12 heteroatoms. The van der Waals surface area contributed by atoms with Crippen LogP contribution >= 0.6 is 19.6 Å². The number of ether oxygens (including phenoxy) is 1. The fourth-order valence-electron chi connectivity index (χ4n) is 2.59. The molecular formula is C18H19ClF3N2O5P. The first-order chi connectivity index (χ1) is 14.1. The van der Waals surface area contributed by atoms with Crippen LogP contribution in [0.25, 0.3) is 0 Å². The van der Waals surface area contributed by atoms with Gasteiger partial charge in [0.05, 0.1) is 28.4 Å². The van der Waals surface area contributed by atoms with Crippen molar-refractivity contribution in [2.45, 2.75) is 20.0 Å². The van der Waals surface area contributed by atoms with Crippen molar-refractivity contribution in [1.29, 1.82) is 0 Å². The Hall–Kier alpha value is -2.29. The number of nitrogens with zero attached hydrogens (tertiary/aromatic N) is 2. The fraction of sp³-hybridized carbons (Fsp3) is 0.333. The van der Waals surface area contributed by atoms with Crippen molar-refractivity contribution in [2.24, 2.45) is 0 Å². The number of alkyl halides is 3. The topological polar surface area (TPSA) is 81.9 Å². The predicted molar refractivity (Wildman–Crippen MR) is 108 cm³/mol. The van der Waals surface area contributed by atoms with Crippen LogP contribution in [-0.4, -0.2) is 24.4 Å². The van der Waals surface area contributed by atoms with Gasteiger partial charge in [-0.1, -0.05) is 11.6 Å². The summed E-state index contributed by atoms with van der Waals surface area (Å²) in [5.41, 5.74) is -1.03. The minimum atomic E-state index is -4.55. The van der Waals surface area contributed by atoms with E-state index in [1.807, 2.05) is 0 Å². The Morgan fingerprint density at radius 3 is 2.43 bits per heavy atom. The van der Waals surface area contributed by atoms with Gasteiger partial charge in [0, 0.05) is 18.7 Å². The second-order valence-electron chi connectivity index (χ2n) is 5.97. The highest BCUT2D eigenvalue weighted by Gasteiger charge is 2.31. The summed E-state index contributed by atoms with van der Waals surface area (Å²) in [5, 5.41) is 11.2. The molecule has 0 saturated heterocycles. The zero-order chi connectivity index (χ0) is 22.5. The molecule has 0 bridgehead atoms. The number of hydrogen-bond acceptors (Lipinski definition) is 6. The average molecular weight is 467 g/mol. The highest BCUT2D eigenvalue weighted by Crippen LogP contribution is 2.39. The standard InChI is InChI=1S/C18H19ClF3N2O5P/c1-3-23(11-30(27)28-4-2)16-10-13(6-7-15(16)24(25)26)29-17-8-5-12(9-14(17)19)18(20,21)22/h5-10,30H,3-4,11H2,1-2H3. The van der Waals surface area contributed by atoms with E-state index in [2.05, 4.69) is 0 Å². The van der Waals surface area contributed by atoms with E-state index >= 15 is 0 Å². The molecule has 0 spiro atoms. The predicted octanol–water partition coefficient (Wildman–Crippen LogP) is 6.35. The Bertz CT molecular complexity index is 943. The summed E-state index contributed by atoms with van der Waals surface area (Å²) in [6.07, 6.45) is -4.59. The molecule has 0 N–H and O–H groups in total. The van der Waals surface area contributed by atoms with Gasteiger partial charge in [0.1, 0.15) is 17.2 Å². The molecule has 2 aromatic rings. The lowest BCUT2D eigenvalue weighted by Gasteiger charge is -2.23. The van der Waals surface area contributed by atoms with Crippen molar-refractivity contribution in [3.8, 4) is 11.5 Å². The number of nitro groups is 1. The van der Waals surface area contributed by atoms with Gasteiger partial charge in [0.15, 0.2) is 0 Å². The summed E-state index contributed by atoms with van der Waals surface area (Å²) >= 11 is 5.90. The van der Waals surface area contributed by atoms with Gasteiger partial charge < -0.3 is 14.2 Å². The fourth-order valence-corrected chi connectivity index (χ4v) is 3.93. The van der Waals surface area contributed by atoms with E-state index < -0.39 is 24.7 Å². The molecule has 1 atom stereocenters. The van der Waals surface area contributed by atoms with E-state index in [9.17, 15) is 27.9 Å². The maximum Gasteiger partial charge on any atom is 0.416 e. The van der Waals surface area contributed by atoms with Gasteiger partial charge in [0.2, 0.25) is 8.03 Å². The van der Waals surface area contributed by atoms with E-state index in [0.29, 0.717) is 6.54 Å². The first kappa shape index (κ1) is 24.0. The number of rotatable bonds is 9. The van der Waals surface area contributed by atoms with E-state index in [0.717, 1.165) is 18.2 Å². The van der Waals surface area contributed by atoms with Crippen LogP contribution in [0.2, 0.25) is 5.02 Å². The molecule has 164 valence electrons. The number of halogens is 4. The minimum Gasteiger partial charge on any atom is -0.456 e. The van der Waals surface area contributed by atoms with Crippen LogP contribution < -0.4 is 9.64 Å². The summed E-state index contributed by atoms with van der Waals surface area (Å²) in [6, 6.07) is 6.46. The molecule has 0 aliphatic heterocycles. The van der Waals surface area contributed by atoms with Crippen LogP contribution in [0.3, 0.4) is 0 Å². The average Bonchev–Trinajstić information content (AvgIpc) is 2.66. The van der Waals surface area contributed by atoms with Crippen LogP contribution in [0, 0.1) is 10.1 Å². The lowest BCUT2D eigenvalue weighted by atomic mass is 10.2. The highest BCUT2D eigenvalue weighted by molar-refractivity contribution is 7.39. The lowest BCUT2D eigenvalue weighted by molar-refractivity contribution is -0.384. The largest absolute Gasteiger partial charge is 0.456 e. The molecule has 0 amide bonds. The minimum absolute atomic E-state index is 0.0413. The van der Waals surface area contributed by atoms with Gasteiger partial charge in [-0.3, -0.25) is 14.7 Å². The summed E-state index contributed by atoms with van der Waals surface area (Å²) in [6.45, 7) is 3.95. The lowest BCUT2D eigenvalue weighted by Crippen LogP contribution is -2.23. The first-order valence-electron chi connectivity index (χ1n) is 8.80. The van der Waals surface area contributed by atoms with Gasteiger partial charge >= 0.3 is 6.18 Å². The summed E-state index contributed by atoms with van der Waals surface area (Å²) in [7, 11) is -2.45. The SMILES string of the molecule is CCO[PH](=O)CN(CC)c1cc(Oc2ccc(C(F)(F)F)cc2Cl)ccc1[N+](=O)[O-]. The molecular weight excluding hydrogens is 448 g/mol. The molecule has 0 radical (unpaired) electrons. The molecule has 0 aliphatic rings. The second-order valence-corrected chi connectivity index (χ2v) is 7.73. The number of anilines is 1. The molecule has 2 rings (SSSR count). The maximum atomic E-state index is 12.8. The van der Waals surface area contributed by atoms with Crippen LogP contribution in [0.1, 0.15) is 19.4 Å². The molecule has 2 aromatic carbocycles. The van der Waals surface area contributed by atoms with Crippen molar-refractivity contribution >= 4 is 31.0 Å². The summed E-state index contributed by atoms with van der Waals surface area (Å²) < 4.78 is 61.0. The van der Waals surface area contributed by atoms with Gasteiger partial charge in [0.25, 0.3) is 5.69 Å². The molecule has 0 heterocycles. The Kier molecular flexibility index (Phi) is 8.11. The Balaban J connectivity index is 2.38. The number of benzene rings is 2. The zero-order valence-electron chi connectivity index (χ0n) is 16.0. The van der Waals surface area contributed by atoms with Gasteiger partial charge in [-0.15, -0.1) is 0 Å². The van der Waals surface area contributed by atoms with Gasteiger partial charge in [-0.05, 0) is 38.1 Å². The van der Waals surface area contributed by atoms with E-state index in [1.165, 1.54) is 23.1 Å². The van der Waals surface area contributed by atoms with Crippen LogP contribution in [0.5, 0.6) is 11.5 Å². The summed E-state index contributed by atoms with van der Waals surface area (Å²) in [5.74, 6) is 0.0715. The summed E-state index contributed by atoms with van der Waals surface area (Å²) in [4.78, 5) is 12.3. The van der Waals surface area contributed by atoms with Crippen molar-refractivity contribution in [3.05, 3.63) is 57.1 Å². The molecule has 0 saturated carbocycles. The monoisotopic (exact) mass is 466 g/mol. The third kappa shape index (κ3) is 6.10. The smallest absolute Gasteiger partial charge is 0.416 e. The third-order valence-electron chi connectivity index (χ3n) is 3.98. The van der Waals surface area contributed by atoms with Gasteiger partial charge in [-0.25, -0.2) is 0 Å². The number of hydrogen-bond donors (Lipinski definition) is 0. The Morgan fingerprint density at radius 1 is 1.20 bits per heavy atom. The van der Waals surface area contributed by atoms with E-state index in [-0.39, 0.29) is 40.8 Å². The quantitative estimate of drug-likeness (QED) is 0.243. The van der Waals surface area contributed by atoms with Crippen molar-refractivity contribution in [1.82, 2.24) is 0 Å². The van der Waals surface area contributed by atoms with E-state index in [4.69, 9.17) is 20.9 Å². The molecule has 0 fully saturated rings. The molecule has 1 unspecified atom stereocenters. The van der Waals surface area contributed by atoms with Crippen LogP contribution in [0.4, 0.5) is 24.5 Å². The second kappa shape index (κ2) is 10.1. The van der Waals surface area contributed by atoms with Crippen LogP contribution in [-0.2, 0) is 15.3 Å². The Morgan fingerprint density at radius 2 is 1.90 bits per heavy atom. The third-order valence-corrected chi connectivity index (χ3v) is 5.52. The van der Waals surface area contributed by atoms with Crippen molar-refractivity contribution < 1.29 is 31.9 Å². The zero-order valence-corrected chi connectivity index (χ0v) is 17.8. The maximum absolute atomic E-state index is 12.8. The molecule has 7 nitrogen and oxygen atoms in total. The Labute approximate surface area is 176 Å². The first-order valence-corrected chi connectivity index (χ1v) is 10.7. The molecule has 30 heavy (non-hydrogen) atoms. The van der Waals surface area contributed by atoms with E-state index in [1.54, 1.807) is 13.8 Å².